The van der Waals surface area contributed by atoms with Gasteiger partial charge in [-0.3, -0.25) is 14.5 Å². The standard InChI is InChI=1S/C28H32N4O5S2/c1-35-20-7-8-24(36-2)21(17-20)23-18-22(25-5-3-15-38-25)29-32(23)27(33)19-31(28(34)26-6-4-16-39-26)10-9-30-11-13-37-14-12-30/h3-8,15-17,23H,9-14,18-19H2,1-2H3/t23-/m0/s1. The molecule has 4 heterocycles. The maximum absolute atomic E-state index is 14.0. The molecule has 0 aliphatic carbocycles. The Kier molecular flexibility index (Phi) is 8.92. The third-order valence-electron chi connectivity index (χ3n) is 6.90. The molecule has 1 saturated heterocycles. The molecule has 0 N–H and O–H groups in total. The lowest BCUT2D eigenvalue weighted by Crippen LogP contribution is -2.46. The highest BCUT2D eigenvalue weighted by Crippen LogP contribution is 2.40. The molecule has 2 aliphatic rings. The van der Waals surface area contributed by atoms with Crippen molar-refractivity contribution in [3.05, 3.63) is 68.5 Å². The number of morpholine rings is 1. The van der Waals surface area contributed by atoms with Crippen LogP contribution >= 0.6 is 22.7 Å². The first-order valence-corrected chi connectivity index (χ1v) is 14.6. The van der Waals surface area contributed by atoms with Crippen LogP contribution in [0.3, 0.4) is 0 Å². The zero-order chi connectivity index (χ0) is 27.2. The van der Waals surface area contributed by atoms with E-state index in [2.05, 4.69) is 4.90 Å². The predicted molar refractivity (Wildman–Crippen MR) is 152 cm³/mol. The lowest BCUT2D eigenvalue weighted by atomic mass is 9.99. The Balaban J connectivity index is 1.42. The average molecular weight is 569 g/mol. The molecule has 1 aromatic carbocycles. The molecule has 2 aliphatic heterocycles. The van der Waals surface area contributed by atoms with Crippen LogP contribution in [0, 0.1) is 0 Å². The highest BCUT2D eigenvalue weighted by molar-refractivity contribution is 7.12. The molecule has 1 fully saturated rings. The van der Waals surface area contributed by atoms with Gasteiger partial charge in [0.25, 0.3) is 11.8 Å². The van der Waals surface area contributed by atoms with Crippen LogP contribution in [-0.2, 0) is 9.53 Å². The summed E-state index contributed by atoms with van der Waals surface area (Å²) in [6.07, 6.45) is 0.530. The average Bonchev–Trinajstić information content (AvgIpc) is 3.77. The van der Waals surface area contributed by atoms with Gasteiger partial charge in [-0.05, 0) is 41.1 Å². The topological polar surface area (TPSA) is 83.9 Å². The van der Waals surface area contributed by atoms with E-state index in [1.54, 1.807) is 36.5 Å². The van der Waals surface area contributed by atoms with E-state index in [1.165, 1.54) is 16.3 Å². The zero-order valence-electron chi connectivity index (χ0n) is 22.1. The fraction of sp³-hybridized carbons (Fsp3) is 0.393. The van der Waals surface area contributed by atoms with E-state index in [0.717, 1.165) is 29.2 Å². The number of methoxy groups -OCH3 is 2. The molecule has 206 valence electrons. The summed E-state index contributed by atoms with van der Waals surface area (Å²) >= 11 is 2.97. The summed E-state index contributed by atoms with van der Waals surface area (Å²) in [4.78, 5) is 32.9. The van der Waals surface area contributed by atoms with Crippen molar-refractivity contribution in [1.82, 2.24) is 14.8 Å². The second kappa shape index (κ2) is 12.7. The zero-order valence-corrected chi connectivity index (χ0v) is 23.7. The van der Waals surface area contributed by atoms with Gasteiger partial charge >= 0.3 is 0 Å². The smallest absolute Gasteiger partial charge is 0.264 e. The molecule has 0 spiro atoms. The molecular formula is C28H32N4O5S2. The van der Waals surface area contributed by atoms with Gasteiger partial charge in [0.1, 0.15) is 18.0 Å². The minimum Gasteiger partial charge on any atom is -0.497 e. The van der Waals surface area contributed by atoms with E-state index >= 15 is 0 Å². The Labute approximate surface area is 236 Å². The van der Waals surface area contributed by atoms with Gasteiger partial charge in [-0.15, -0.1) is 22.7 Å². The van der Waals surface area contributed by atoms with Crippen molar-refractivity contribution in [3.63, 3.8) is 0 Å². The highest BCUT2D eigenvalue weighted by atomic mass is 32.1. The Morgan fingerprint density at radius 1 is 1.08 bits per heavy atom. The lowest BCUT2D eigenvalue weighted by Gasteiger charge is -2.31. The van der Waals surface area contributed by atoms with Gasteiger partial charge in [-0.2, -0.15) is 5.10 Å². The number of hydrazone groups is 1. The van der Waals surface area contributed by atoms with Gasteiger partial charge in [0.2, 0.25) is 0 Å². The molecule has 9 nitrogen and oxygen atoms in total. The molecule has 0 bridgehead atoms. The first kappa shape index (κ1) is 27.3. The summed E-state index contributed by atoms with van der Waals surface area (Å²) in [5.74, 6) is 0.926. The molecule has 39 heavy (non-hydrogen) atoms. The minimum absolute atomic E-state index is 0.0783. The van der Waals surface area contributed by atoms with Gasteiger partial charge in [0.15, 0.2) is 0 Å². The van der Waals surface area contributed by atoms with Gasteiger partial charge < -0.3 is 19.1 Å². The van der Waals surface area contributed by atoms with Crippen LogP contribution in [0.15, 0.2) is 58.3 Å². The molecule has 2 aromatic heterocycles. The van der Waals surface area contributed by atoms with Crippen molar-refractivity contribution < 1.29 is 23.8 Å². The third kappa shape index (κ3) is 6.33. The van der Waals surface area contributed by atoms with Gasteiger partial charge in [0.05, 0.1) is 48.9 Å². The fourth-order valence-corrected chi connectivity index (χ4v) is 6.22. The van der Waals surface area contributed by atoms with E-state index in [1.807, 2.05) is 47.2 Å². The number of ether oxygens (including phenoxy) is 3. The normalized spacial score (nSPS) is 17.6. The SMILES string of the molecule is COc1ccc(OC)c([C@@H]2CC(c3cccs3)=NN2C(=O)CN(CCN2CCOCC2)C(=O)c2cccs2)c1. The molecule has 11 heteroatoms. The van der Waals surface area contributed by atoms with Crippen LogP contribution in [0.4, 0.5) is 0 Å². The summed E-state index contributed by atoms with van der Waals surface area (Å²) < 4.78 is 16.6. The third-order valence-corrected chi connectivity index (χ3v) is 8.68. The summed E-state index contributed by atoms with van der Waals surface area (Å²) in [6.45, 7) is 4.01. The maximum atomic E-state index is 14.0. The quantitative estimate of drug-likeness (QED) is 0.368. The number of carbonyl (C=O) groups is 2. The summed E-state index contributed by atoms with van der Waals surface area (Å²) in [7, 11) is 3.22. The second-order valence-electron chi connectivity index (χ2n) is 9.25. The minimum atomic E-state index is -0.391. The number of rotatable bonds is 10. The van der Waals surface area contributed by atoms with Gasteiger partial charge in [-0.1, -0.05) is 12.1 Å². The van der Waals surface area contributed by atoms with Gasteiger partial charge in [0, 0.05) is 38.2 Å². The van der Waals surface area contributed by atoms with Crippen LogP contribution < -0.4 is 9.47 Å². The van der Waals surface area contributed by atoms with Crippen LogP contribution in [-0.4, -0.2) is 92.5 Å². The molecule has 5 rings (SSSR count). The maximum Gasteiger partial charge on any atom is 0.264 e. The summed E-state index contributed by atoms with van der Waals surface area (Å²) in [6, 6.07) is 12.8. The molecule has 2 amide bonds. The number of nitrogens with zero attached hydrogens (tertiary/aromatic N) is 4. The Hall–Kier alpha value is -3.25. The largest absolute Gasteiger partial charge is 0.497 e. The van der Waals surface area contributed by atoms with Gasteiger partial charge in [-0.25, -0.2) is 5.01 Å². The Morgan fingerprint density at radius 3 is 2.56 bits per heavy atom. The number of thiophene rings is 2. The molecular weight excluding hydrogens is 536 g/mol. The van der Waals surface area contributed by atoms with Crippen LogP contribution in [0.5, 0.6) is 11.5 Å². The van der Waals surface area contributed by atoms with Crippen molar-refractivity contribution in [2.75, 3.05) is 60.2 Å². The molecule has 0 saturated carbocycles. The lowest BCUT2D eigenvalue weighted by molar-refractivity contribution is -0.133. The van der Waals surface area contributed by atoms with E-state index in [9.17, 15) is 9.59 Å². The first-order valence-electron chi connectivity index (χ1n) is 12.9. The van der Waals surface area contributed by atoms with Crippen molar-refractivity contribution in [2.24, 2.45) is 5.10 Å². The van der Waals surface area contributed by atoms with E-state index < -0.39 is 6.04 Å². The second-order valence-corrected chi connectivity index (χ2v) is 11.1. The van der Waals surface area contributed by atoms with Crippen molar-refractivity contribution in [3.8, 4) is 11.5 Å². The van der Waals surface area contributed by atoms with Crippen molar-refractivity contribution in [2.45, 2.75) is 12.5 Å². The summed E-state index contributed by atoms with van der Waals surface area (Å²) in [5.41, 5.74) is 1.64. The molecule has 0 radical (unpaired) electrons. The first-order chi connectivity index (χ1) is 19.1. The molecule has 1 atom stereocenters. The van der Waals surface area contributed by atoms with E-state index in [4.69, 9.17) is 19.3 Å². The number of benzene rings is 1. The summed E-state index contributed by atoms with van der Waals surface area (Å²) in [5, 5.41) is 10.2. The number of hydrogen-bond acceptors (Lipinski definition) is 9. The molecule has 0 unspecified atom stereocenters. The van der Waals surface area contributed by atoms with Crippen molar-refractivity contribution in [1.29, 1.82) is 0 Å². The van der Waals surface area contributed by atoms with Crippen LogP contribution in [0.2, 0.25) is 0 Å². The van der Waals surface area contributed by atoms with E-state index in [0.29, 0.717) is 49.1 Å². The van der Waals surface area contributed by atoms with Crippen LogP contribution in [0.1, 0.15) is 32.6 Å². The monoisotopic (exact) mass is 568 g/mol. The Bertz CT molecular complexity index is 1290. The van der Waals surface area contributed by atoms with Crippen LogP contribution in [0.25, 0.3) is 0 Å². The van der Waals surface area contributed by atoms with E-state index in [-0.39, 0.29) is 18.4 Å². The predicted octanol–water partition coefficient (Wildman–Crippen LogP) is 3.98. The highest BCUT2D eigenvalue weighted by Gasteiger charge is 2.36. The molecule has 3 aromatic rings. The Morgan fingerprint density at radius 2 is 1.87 bits per heavy atom. The fourth-order valence-electron chi connectivity index (χ4n) is 4.81. The number of amides is 2. The number of carbonyl (C=O) groups excluding carboxylic acids is 2. The van der Waals surface area contributed by atoms with Crippen molar-refractivity contribution >= 4 is 40.2 Å². The number of hydrogen-bond donors (Lipinski definition) is 0.